The van der Waals surface area contributed by atoms with E-state index in [1.807, 2.05) is 30.3 Å². The van der Waals surface area contributed by atoms with Gasteiger partial charge in [0.15, 0.2) is 5.78 Å². The zero-order valence-corrected chi connectivity index (χ0v) is 12.4. The van der Waals surface area contributed by atoms with Gasteiger partial charge in [-0.3, -0.25) is 4.79 Å². The number of ether oxygens (including phenoxy) is 1. The van der Waals surface area contributed by atoms with E-state index in [9.17, 15) is 4.79 Å². The van der Waals surface area contributed by atoms with Crippen molar-refractivity contribution in [2.45, 2.75) is 19.4 Å². The summed E-state index contributed by atoms with van der Waals surface area (Å²) in [5, 5.41) is 3.15. The number of rotatable bonds is 5. The van der Waals surface area contributed by atoms with Gasteiger partial charge in [0.25, 0.3) is 0 Å². The Morgan fingerprint density at radius 2 is 1.82 bits per heavy atom. The first-order valence-electron chi connectivity index (χ1n) is 7.55. The molecule has 1 saturated heterocycles. The average molecular weight is 297 g/mol. The van der Waals surface area contributed by atoms with Crippen molar-refractivity contribution >= 4 is 11.7 Å². The van der Waals surface area contributed by atoms with Gasteiger partial charge in [-0.1, -0.05) is 30.3 Å². The molecule has 1 aromatic carbocycles. The summed E-state index contributed by atoms with van der Waals surface area (Å²) in [6, 6.07) is 10.0. The summed E-state index contributed by atoms with van der Waals surface area (Å²) < 4.78 is 5.29. The molecule has 2 heterocycles. The number of Topliss-reactive ketones (excluding diaryl/α,β-unsaturated/α-hetero) is 1. The number of hydrogen-bond acceptors (Lipinski definition) is 5. The molecule has 22 heavy (non-hydrogen) atoms. The van der Waals surface area contributed by atoms with Crippen molar-refractivity contribution in [1.82, 2.24) is 9.97 Å². The molecule has 0 aliphatic carbocycles. The number of nitrogens with zero attached hydrogens (tertiary/aromatic N) is 2. The lowest BCUT2D eigenvalue weighted by molar-refractivity contribution is 0.0544. The number of aromatic nitrogens is 2. The topological polar surface area (TPSA) is 64.1 Å². The zero-order valence-electron chi connectivity index (χ0n) is 12.4. The fourth-order valence-corrected chi connectivity index (χ4v) is 2.52. The molecule has 1 aliphatic heterocycles. The minimum atomic E-state index is 0.0421. The van der Waals surface area contributed by atoms with Gasteiger partial charge in [0.2, 0.25) is 5.95 Å². The number of hydrogen-bond donors (Lipinski definition) is 1. The van der Waals surface area contributed by atoms with Crippen LogP contribution in [0.3, 0.4) is 0 Å². The van der Waals surface area contributed by atoms with Crippen molar-refractivity contribution in [1.29, 1.82) is 0 Å². The van der Waals surface area contributed by atoms with Crippen molar-refractivity contribution in [3.63, 3.8) is 0 Å². The van der Waals surface area contributed by atoms with Crippen LogP contribution >= 0.6 is 0 Å². The lowest BCUT2D eigenvalue weighted by atomic mass is 9.92. The van der Waals surface area contributed by atoms with Crippen molar-refractivity contribution in [3.05, 3.63) is 53.9 Å². The van der Waals surface area contributed by atoms with Crippen LogP contribution in [0.2, 0.25) is 0 Å². The van der Waals surface area contributed by atoms with Crippen molar-refractivity contribution in [2.75, 3.05) is 18.5 Å². The molecule has 5 heteroatoms. The second kappa shape index (κ2) is 7.13. The van der Waals surface area contributed by atoms with E-state index in [0.29, 0.717) is 31.3 Å². The van der Waals surface area contributed by atoms with Gasteiger partial charge in [-0.05, 0) is 18.4 Å². The van der Waals surface area contributed by atoms with E-state index < -0.39 is 0 Å². The highest BCUT2D eigenvalue weighted by atomic mass is 16.5. The van der Waals surface area contributed by atoms with Crippen molar-refractivity contribution in [2.24, 2.45) is 5.92 Å². The molecule has 114 valence electrons. The first kappa shape index (κ1) is 14.7. The highest BCUT2D eigenvalue weighted by Crippen LogP contribution is 2.19. The summed E-state index contributed by atoms with van der Waals surface area (Å²) in [6.45, 7) is 1.98. The second-order valence-corrected chi connectivity index (χ2v) is 5.39. The Morgan fingerprint density at radius 3 is 2.50 bits per heavy atom. The molecule has 0 spiro atoms. The normalized spacial score (nSPS) is 15.5. The standard InChI is InChI=1S/C17H19N3O2/c21-16(14-6-8-22-9-7-14)15-11-19-17(20-12-15)18-10-13-4-2-1-3-5-13/h1-5,11-12,14H,6-10H2,(H,18,19,20). The van der Waals surface area contributed by atoms with E-state index in [1.54, 1.807) is 12.4 Å². The SMILES string of the molecule is O=C(c1cnc(NCc2ccccc2)nc1)C1CCOCC1. The molecule has 2 aromatic rings. The predicted octanol–water partition coefficient (Wildman–Crippen LogP) is 2.70. The summed E-state index contributed by atoms with van der Waals surface area (Å²) >= 11 is 0. The Morgan fingerprint density at radius 1 is 1.14 bits per heavy atom. The quantitative estimate of drug-likeness (QED) is 0.860. The summed E-state index contributed by atoms with van der Waals surface area (Å²) in [5.74, 6) is 0.700. The average Bonchev–Trinajstić information content (AvgIpc) is 2.61. The molecule has 5 nitrogen and oxygen atoms in total. The first-order chi connectivity index (χ1) is 10.8. The zero-order chi connectivity index (χ0) is 15.2. The third kappa shape index (κ3) is 3.68. The van der Waals surface area contributed by atoms with Gasteiger partial charge < -0.3 is 10.1 Å². The van der Waals surface area contributed by atoms with Crippen molar-refractivity contribution < 1.29 is 9.53 Å². The van der Waals surface area contributed by atoms with Gasteiger partial charge in [0.1, 0.15) is 0 Å². The number of benzene rings is 1. The highest BCUT2D eigenvalue weighted by Gasteiger charge is 2.23. The smallest absolute Gasteiger partial charge is 0.222 e. The Hall–Kier alpha value is -2.27. The van der Waals surface area contributed by atoms with Gasteiger partial charge in [-0.25, -0.2) is 9.97 Å². The van der Waals surface area contributed by atoms with Gasteiger partial charge in [-0.2, -0.15) is 0 Å². The van der Waals surface area contributed by atoms with E-state index in [1.165, 1.54) is 0 Å². The molecule has 3 rings (SSSR count). The summed E-state index contributed by atoms with van der Waals surface area (Å²) in [5.41, 5.74) is 1.74. The summed E-state index contributed by atoms with van der Waals surface area (Å²) in [7, 11) is 0. The minimum Gasteiger partial charge on any atom is -0.381 e. The van der Waals surface area contributed by atoms with Crippen LogP contribution < -0.4 is 5.32 Å². The molecule has 0 saturated carbocycles. The Balaban J connectivity index is 1.59. The van der Waals surface area contributed by atoms with Gasteiger partial charge in [0, 0.05) is 38.1 Å². The van der Waals surface area contributed by atoms with E-state index >= 15 is 0 Å². The molecule has 1 aromatic heterocycles. The third-order valence-corrected chi connectivity index (χ3v) is 3.82. The largest absolute Gasteiger partial charge is 0.381 e. The summed E-state index contributed by atoms with van der Waals surface area (Å²) in [4.78, 5) is 20.8. The van der Waals surface area contributed by atoms with Gasteiger partial charge in [-0.15, -0.1) is 0 Å². The lowest BCUT2D eigenvalue weighted by Crippen LogP contribution is -2.23. The van der Waals surface area contributed by atoms with Crippen LogP contribution in [-0.2, 0) is 11.3 Å². The maximum Gasteiger partial charge on any atom is 0.222 e. The molecule has 0 unspecified atom stereocenters. The van der Waals surface area contributed by atoms with Crippen LogP contribution in [-0.4, -0.2) is 29.0 Å². The van der Waals surface area contributed by atoms with Crippen LogP contribution in [0.5, 0.6) is 0 Å². The number of nitrogens with one attached hydrogen (secondary N) is 1. The Kier molecular flexibility index (Phi) is 4.75. The molecule has 1 aliphatic rings. The number of ketones is 1. The van der Waals surface area contributed by atoms with E-state index in [2.05, 4.69) is 15.3 Å². The molecular weight excluding hydrogens is 278 g/mol. The Labute approximate surface area is 129 Å². The number of carbonyl (C=O) groups excluding carboxylic acids is 1. The molecule has 0 bridgehead atoms. The highest BCUT2D eigenvalue weighted by molar-refractivity contribution is 5.97. The molecule has 0 amide bonds. The van der Waals surface area contributed by atoms with Gasteiger partial charge in [0.05, 0.1) is 5.56 Å². The van der Waals surface area contributed by atoms with Crippen LogP contribution in [0.1, 0.15) is 28.8 Å². The second-order valence-electron chi connectivity index (χ2n) is 5.39. The molecular formula is C17H19N3O2. The van der Waals surface area contributed by atoms with E-state index in [4.69, 9.17) is 4.74 Å². The molecule has 0 atom stereocenters. The van der Waals surface area contributed by atoms with Crippen LogP contribution in [0, 0.1) is 5.92 Å². The third-order valence-electron chi connectivity index (χ3n) is 3.82. The summed E-state index contributed by atoms with van der Waals surface area (Å²) in [6.07, 6.45) is 4.79. The maximum atomic E-state index is 12.3. The molecule has 0 radical (unpaired) electrons. The molecule has 1 N–H and O–H groups in total. The fraction of sp³-hybridized carbons (Fsp3) is 0.353. The lowest BCUT2D eigenvalue weighted by Gasteiger charge is -2.20. The monoisotopic (exact) mass is 297 g/mol. The Bertz CT molecular complexity index is 608. The number of anilines is 1. The number of carbonyl (C=O) groups is 1. The molecule has 1 fully saturated rings. The minimum absolute atomic E-state index is 0.0421. The first-order valence-corrected chi connectivity index (χ1v) is 7.55. The van der Waals surface area contributed by atoms with Gasteiger partial charge >= 0.3 is 0 Å². The van der Waals surface area contributed by atoms with Crippen molar-refractivity contribution in [3.8, 4) is 0 Å². The van der Waals surface area contributed by atoms with E-state index in [0.717, 1.165) is 18.4 Å². The van der Waals surface area contributed by atoms with E-state index in [-0.39, 0.29) is 11.7 Å². The predicted molar refractivity (Wildman–Crippen MR) is 83.7 cm³/mol. The maximum absolute atomic E-state index is 12.3. The fourth-order valence-electron chi connectivity index (χ4n) is 2.52. The van der Waals surface area contributed by atoms with Crippen LogP contribution in [0.4, 0.5) is 5.95 Å². The van der Waals surface area contributed by atoms with Crippen LogP contribution in [0.25, 0.3) is 0 Å². The van der Waals surface area contributed by atoms with Crippen LogP contribution in [0.15, 0.2) is 42.7 Å².